The number of amides is 1. The van der Waals surface area contributed by atoms with Crippen molar-refractivity contribution in [3.63, 3.8) is 0 Å². The molecule has 1 saturated carbocycles. The molecule has 4 rings (SSSR count). The summed E-state index contributed by atoms with van der Waals surface area (Å²) in [6.45, 7) is 0. The number of aromatic hydroxyl groups is 1. The molecule has 23 heavy (non-hydrogen) atoms. The second-order valence-electron chi connectivity index (χ2n) is 5.57. The summed E-state index contributed by atoms with van der Waals surface area (Å²) in [6, 6.07) is 8.53. The Kier molecular flexibility index (Phi) is 3.20. The fourth-order valence-corrected chi connectivity index (χ4v) is 2.70. The van der Waals surface area contributed by atoms with Gasteiger partial charge in [-0.3, -0.25) is 9.89 Å². The van der Waals surface area contributed by atoms with Crippen LogP contribution in [0, 0.1) is 5.92 Å². The van der Waals surface area contributed by atoms with Gasteiger partial charge in [-0.1, -0.05) is 23.7 Å². The van der Waals surface area contributed by atoms with Crippen LogP contribution in [0.3, 0.4) is 0 Å². The minimum Gasteiger partial charge on any atom is -0.507 e. The van der Waals surface area contributed by atoms with E-state index in [1.807, 2.05) is 0 Å². The number of nitrogens with one attached hydrogen (secondary N) is 2. The molecule has 1 aliphatic carbocycles. The zero-order chi connectivity index (χ0) is 16.0. The van der Waals surface area contributed by atoms with E-state index in [1.54, 1.807) is 30.3 Å². The highest BCUT2D eigenvalue weighted by atomic mass is 35.5. The molecule has 1 amide bonds. The molecule has 6 nitrogen and oxygen atoms in total. The Balaban J connectivity index is 1.77. The smallest absolute Gasteiger partial charge is 0.228 e. The van der Waals surface area contributed by atoms with Crippen LogP contribution in [0.1, 0.15) is 12.8 Å². The quantitative estimate of drug-likeness (QED) is 0.687. The summed E-state index contributed by atoms with van der Waals surface area (Å²) in [5.74, 6) is 0.586. The normalized spacial score (nSPS) is 14.1. The highest BCUT2D eigenvalue weighted by molar-refractivity contribution is 6.34. The summed E-state index contributed by atoms with van der Waals surface area (Å²) < 4.78 is 0. The summed E-state index contributed by atoms with van der Waals surface area (Å²) in [5.41, 5.74) is 1.50. The SMILES string of the molecule is O=C(Nc1n[nH]c2nc(-c3ccccc3O)c(Cl)cc12)C1CC1. The molecule has 0 saturated heterocycles. The number of H-pyrrole nitrogens is 1. The average molecular weight is 329 g/mol. The number of halogens is 1. The van der Waals surface area contributed by atoms with Crippen LogP contribution in [0.5, 0.6) is 5.75 Å². The second-order valence-corrected chi connectivity index (χ2v) is 5.98. The van der Waals surface area contributed by atoms with Gasteiger partial charge < -0.3 is 10.4 Å². The molecule has 2 heterocycles. The highest BCUT2D eigenvalue weighted by Gasteiger charge is 2.30. The van der Waals surface area contributed by atoms with Gasteiger partial charge in [0.05, 0.1) is 16.1 Å². The molecule has 0 aliphatic heterocycles. The lowest BCUT2D eigenvalue weighted by atomic mass is 10.1. The number of rotatable bonds is 3. The molecule has 0 radical (unpaired) electrons. The van der Waals surface area contributed by atoms with Gasteiger partial charge in [-0.15, -0.1) is 0 Å². The van der Waals surface area contributed by atoms with Crippen molar-refractivity contribution in [1.82, 2.24) is 15.2 Å². The number of hydrogen-bond donors (Lipinski definition) is 3. The summed E-state index contributed by atoms with van der Waals surface area (Å²) in [5, 5.41) is 20.7. The fourth-order valence-electron chi connectivity index (χ4n) is 2.45. The van der Waals surface area contributed by atoms with Crippen molar-refractivity contribution < 1.29 is 9.90 Å². The minimum absolute atomic E-state index is 0.0284. The number of pyridine rings is 1. The van der Waals surface area contributed by atoms with Crippen LogP contribution in [0.4, 0.5) is 5.82 Å². The molecule has 1 aromatic carbocycles. The van der Waals surface area contributed by atoms with Crippen LogP contribution in [-0.4, -0.2) is 26.2 Å². The molecule has 3 aromatic rings. The first-order valence-corrected chi connectivity index (χ1v) is 7.65. The summed E-state index contributed by atoms with van der Waals surface area (Å²) >= 11 is 6.32. The molecule has 7 heteroatoms. The van der Waals surface area contributed by atoms with E-state index in [4.69, 9.17) is 11.6 Å². The van der Waals surface area contributed by atoms with E-state index < -0.39 is 0 Å². The number of phenolic OH excluding ortho intramolecular Hbond substituents is 1. The molecule has 2 aromatic heterocycles. The van der Waals surface area contributed by atoms with Crippen molar-refractivity contribution in [3.8, 4) is 17.0 Å². The van der Waals surface area contributed by atoms with Gasteiger partial charge in [-0.2, -0.15) is 5.10 Å². The number of benzene rings is 1. The Hall–Kier alpha value is -2.60. The number of anilines is 1. The molecule has 0 bridgehead atoms. The maximum Gasteiger partial charge on any atom is 0.228 e. The largest absolute Gasteiger partial charge is 0.507 e. The average Bonchev–Trinajstić information content (AvgIpc) is 3.32. The number of aromatic amines is 1. The molecular formula is C16H13ClN4O2. The predicted molar refractivity (Wildman–Crippen MR) is 87.4 cm³/mol. The van der Waals surface area contributed by atoms with E-state index in [-0.39, 0.29) is 17.6 Å². The van der Waals surface area contributed by atoms with Gasteiger partial charge in [0.25, 0.3) is 0 Å². The Morgan fingerprint density at radius 2 is 2.13 bits per heavy atom. The molecule has 1 aliphatic rings. The van der Waals surface area contributed by atoms with Crippen LogP contribution in [0.2, 0.25) is 5.02 Å². The van der Waals surface area contributed by atoms with E-state index in [0.29, 0.717) is 33.1 Å². The third kappa shape index (κ3) is 2.51. The maximum atomic E-state index is 11.9. The number of nitrogens with zero attached hydrogens (tertiary/aromatic N) is 2. The standard InChI is InChI=1S/C16H13ClN4O2/c17-11-7-10-14(18-13(11)9-3-1-2-4-12(9)22)20-21-15(10)19-16(23)8-5-6-8/h1-4,7-8,22H,5-6H2,(H2,18,19,20,21,23). The van der Waals surface area contributed by atoms with E-state index in [1.165, 1.54) is 0 Å². The topological polar surface area (TPSA) is 90.9 Å². The zero-order valence-corrected chi connectivity index (χ0v) is 12.8. The van der Waals surface area contributed by atoms with Crippen molar-refractivity contribution in [3.05, 3.63) is 35.4 Å². The Labute approximate surface area is 136 Å². The van der Waals surface area contributed by atoms with Crippen molar-refractivity contribution in [2.45, 2.75) is 12.8 Å². The number of aromatic nitrogens is 3. The van der Waals surface area contributed by atoms with Crippen molar-refractivity contribution in [2.24, 2.45) is 5.92 Å². The minimum atomic E-state index is -0.0284. The molecular weight excluding hydrogens is 316 g/mol. The predicted octanol–water partition coefficient (Wildman–Crippen LogP) is 3.33. The van der Waals surface area contributed by atoms with Gasteiger partial charge in [0, 0.05) is 11.5 Å². The Bertz CT molecular complexity index is 918. The van der Waals surface area contributed by atoms with Crippen LogP contribution in [0.15, 0.2) is 30.3 Å². The van der Waals surface area contributed by atoms with Gasteiger partial charge >= 0.3 is 0 Å². The number of carbonyl (C=O) groups is 1. The molecule has 3 N–H and O–H groups in total. The van der Waals surface area contributed by atoms with Crippen LogP contribution >= 0.6 is 11.6 Å². The zero-order valence-electron chi connectivity index (χ0n) is 12.0. The molecule has 0 unspecified atom stereocenters. The van der Waals surface area contributed by atoms with Gasteiger partial charge in [0.2, 0.25) is 5.91 Å². The van der Waals surface area contributed by atoms with E-state index in [9.17, 15) is 9.90 Å². The lowest BCUT2D eigenvalue weighted by Crippen LogP contribution is -2.13. The van der Waals surface area contributed by atoms with Crippen LogP contribution in [-0.2, 0) is 4.79 Å². The lowest BCUT2D eigenvalue weighted by molar-refractivity contribution is -0.117. The number of para-hydroxylation sites is 1. The van der Waals surface area contributed by atoms with Crippen molar-refractivity contribution in [2.75, 3.05) is 5.32 Å². The first-order valence-electron chi connectivity index (χ1n) is 7.27. The van der Waals surface area contributed by atoms with E-state index >= 15 is 0 Å². The number of hydrogen-bond acceptors (Lipinski definition) is 4. The van der Waals surface area contributed by atoms with E-state index in [0.717, 1.165) is 12.8 Å². The lowest BCUT2D eigenvalue weighted by Gasteiger charge is -2.06. The monoisotopic (exact) mass is 328 g/mol. The molecule has 116 valence electrons. The Morgan fingerprint density at radius 1 is 1.35 bits per heavy atom. The van der Waals surface area contributed by atoms with Crippen LogP contribution in [0.25, 0.3) is 22.3 Å². The van der Waals surface area contributed by atoms with Crippen LogP contribution < -0.4 is 5.32 Å². The Morgan fingerprint density at radius 3 is 2.87 bits per heavy atom. The summed E-state index contributed by atoms with van der Waals surface area (Å²) in [6.07, 6.45) is 1.84. The molecule has 1 fully saturated rings. The summed E-state index contributed by atoms with van der Waals surface area (Å²) in [7, 11) is 0. The van der Waals surface area contributed by atoms with E-state index in [2.05, 4.69) is 20.5 Å². The van der Waals surface area contributed by atoms with Crippen molar-refractivity contribution >= 4 is 34.4 Å². The number of fused-ring (bicyclic) bond motifs is 1. The van der Waals surface area contributed by atoms with Gasteiger partial charge in [-0.05, 0) is 31.0 Å². The van der Waals surface area contributed by atoms with Crippen molar-refractivity contribution in [1.29, 1.82) is 0 Å². The second kappa shape index (κ2) is 5.24. The van der Waals surface area contributed by atoms with Gasteiger partial charge in [0.1, 0.15) is 5.75 Å². The third-order valence-corrected chi connectivity index (χ3v) is 4.14. The van der Waals surface area contributed by atoms with Gasteiger partial charge in [0.15, 0.2) is 11.5 Å². The highest BCUT2D eigenvalue weighted by Crippen LogP contribution is 2.36. The third-order valence-electron chi connectivity index (χ3n) is 3.85. The first-order chi connectivity index (χ1) is 11.1. The molecule has 0 atom stereocenters. The molecule has 0 spiro atoms. The fraction of sp³-hybridized carbons (Fsp3) is 0.188. The van der Waals surface area contributed by atoms with Gasteiger partial charge in [-0.25, -0.2) is 4.98 Å². The number of carbonyl (C=O) groups excluding carboxylic acids is 1. The first kappa shape index (κ1) is 14.0. The maximum absolute atomic E-state index is 11.9. The summed E-state index contributed by atoms with van der Waals surface area (Å²) in [4.78, 5) is 16.3. The number of phenols is 1.